The van der Waals surface area contributed by atoms with E-state index in [1.54, 1.807) is 28.4 Å². The molecule has 0 saturated carbocycles. The Kier molecular flexibility index (Phi) is 17.7. The molecule has 0 amide bonds. The van der Waals surface area contributed by atoms with E-state index in [0.29, 0.717) is 52.5 Å². The number of fused-ring (bicyclic) bond motifs is 3. The Bertz CT molecular complexity index is 2920. The van der Waals surface area contributed by atoms with E-state index in [1.165, 1.54) is 0 Å². The molecule has 12 nitrogen and oxygen atoms in total. The van der Waals surface area contributed by atoms with E-state index in [9.17, 15) is 10.2 Å². The first kappa shape index (κ1) is 53.2. The third kappa shape index (κ3) is 11.7. The smallest absolute Gasteiger partial charge is 0.143 e. The van der Waals surface area contributed by atoms with Crippen LogP contribution in [0.5, 0.6) is 23.0 Å². The normalized spacial score (nSPS) is 11.9. The molecule has 0 bridgehead atoms. The Morgan fingerprint density at radius 3 is 0.934 bits per heavy atom. The fourth-order valence-electron chi connectivity index (χ4n) is 10.1. The lowest BCUT2D eigenvalue weighted by Crippen LogP contribution is -2.37. The minimum Gasteiger partial charge on any atom is -0.497 e. The van der Waals surface area contributed by atoms with Gasteiger partial charge in [-0.1, -0.05) is 133 Å². The van der Waals surface area contributed by atoms with Gasteiger partial charge in [-0.05, 0) is 94.0 Å². The van der Waals surface area contributed by atoms with Gasteiger partial charge < -0.3 is 38.6 Å². The Labute approximate surface area is 445 Å². The summed E-state index contributed by atoms with van der Waals surface area (Å²) in [5.74, 6) is 3.00. The van der Waals surface area contributed by atoms with Crippen molar-refractivity contribution in [3.8, 4) is 23.0 Å². The van der Waals surface area contributed by atoms with E-state index in [0.717, 1.165) is 89.6 Å². The van der Waals surface area contributed by atoms with E-state index in [4.69, 9.17) is 38.4 Å². The van der Waals surface area contributed by atoms with Gasteiger partial charge in [-0.25, -0.2) is 9.97 Å². The van der Waals surface area contributed by atoms with Gasteiger partial charge in [-0.2, -0.15) is 0 Å². The molecule has 390 valence electrons. The Morgan fingerprint density at radius 2 is 0.645 bits per heavy atom. The highest BCUT2D eigenvalue weighted by atomic mass is 16.5. The van der Waals surface area contributed by atoms with E-state index in [2.05, 4.69) is 107 Å². The van der Waals surface area contributed by atoms with Crippen LogP contribution in [0.1, 0.15) is 44.8 Å². The third-order valence-corrected chi connectivity index (χ3v) is 14.0. The molecule has 2 aromatic heterocycles. The monoisotopic (exact) mass is 1020 g/mol. The molecule has 0 aliphatic rings. The number of aromatic nitrogens is 2. The second-order valence-electron chi connectivity index (χ2n) is 18.5. The molecule has 9 aromatic rings. The van der Waals surface area contributed by atoms with Gasteiger partial charge in [0.05, 0.1) is 77.3 Å². The highest BCUT2D eigenvalue weighted by molar-refractivity contribution is 6.02. The average molecular weight is 1020 g/mol. The summed E-state index contributed by atoms with van der Waals surface area (Å²) in [7, 11) is 6.65. The summed E-state index contributed by atoms with van der Waals surface area (Å²) < 4.78 is 36.6. The molecule has 0 aliphatic heterocycles. The minimum absolute atomic E-state index is 0.0339. The summed E-state index contributed by atoms with van der Waals surface area (Å²) in [6.45, 7) is 3.40. The maximum atomic E-state index is 10.4. The van der Waals surface area contributed by atoms with Crippen molar-refractivity contribution < 1.29 is 38.6 Å². The van der Waals surface area contributed by atoms with Crippen molar-refractivity contribution in [2.24, 2.45) is 0 Å². The van der Waals surface area contributed by atoms with E-state index in [-0.39, 0.29) is 13.2 Å². The molecule has 0 spiro atoms. The zero-order chi connectivity index (χ0) is 52.7. The molecular formula is C64H66N4O8. The van der Waals surface area contributed by atoms with Crippen LogP contribution in [0.3, 0.4) is 0 Å². The number of hydrogen-bond donors (Lipinski definition) is 2. The SMILES string of the molecule is COc1ccc(C(OCCN(CCO)Cc2ccc3ccc4ccc(CN(CCO)CCOC(c5ccccc5)(c5ccc(OC)cc5)c5ccc(OC)cc5)nc4c3n2)(c2ccccc2)c2ccc(OC)cc2)cc1. The van der Waals surface area contributed by atoms with Gasteiger partial charge >= 0.3 is 0 Å². The van der Waals surface area contributed by atoms with Crippen molar-refractivity contribution in [2.75, 3.05) is 81.0 Å². The van der Waals surface area contributed by atoms with Crippen molar-refractivity contribution in [2.45, 2.75) is 24.3 Å². The van der Waals surface area contributed by atoms with Crippen molar-refractivity contribution >= 4 is 21.8 Å². The van der Waals surface area contributed by atoms with E-state index >= 15 is 0 Å². The van der Waals surface area contributed by atoms with E-state index < -0.39 is 11.2 Å². The first-order valence-electron chi connectivity index (χ1n) is 25.7. The number of pyridine rings is 2. The fraction of sp³-hybridized carbons (Fsp3) is 0.250. The van der Waals surface area contributed by atoms with Gasteiger partial charge in [0.15, 0.2) is 0 Å². The molecule has 7 aromatic carbocycles. The molecule has 0 saturated heterocycles. The molecule has 0 fully saturated rings. The van der Waals surface area contributed by atoms with Crippen LogP contribution < -0.4 is 18.9 Å². The predicted molar refractivity (Wildman–Crippen MR) is 298 cm³/mol. The molecule has 9 rings (SSSR count). The van der Waals surface area contributed by atoms with Crippen LogP contribution >= 0.6 is 0 Å². The van der Waals surface area contributed by atoms with Crippen molar-refractivity contribution in [1.29, 1.82) is 0 Å². The Morgan fingerprint density at radius 1 is 0.355 bits per heavy atom. The first-order chi connectivity index (χ1) is 37.3. The molecule has 0 atom stereocenters. The molecule has 2 N–H and O–H groups in total. The van der Waals surface area contributed by atoms with Crippen molar-refractivity contribution in [3.05, 3.63) is 239 Å². The number of rotatable bonds is 26. The van der Waals surface area contributed by atoms with Crippen LogP contribution in [0.25, 0.3) is 21.8 Å². The molecular weight excluding hydrogens is 953 g/mol. The Hall–Kier alpha value is -7.68. The van der Waals surface area contributed by atoms with Gasteiger partial charge in [-0.15, -0.1) is 0 Å². The number of benzene rings is 7. The number of aliphatic hydroxyl groups is 2. The van der Waals surface area contributed by atoms with Gasteiger partial charge in [0.25, 0.3) is 0 Å². The third-order valence-electron chi connectivity index (χ3n) is 14.0. The lowest BCUT2D eigenvalue weighted by Gasteiger charge is -2.37. The average Bonchev–Trinajstić information content (AvgIpc) is 3.50. The summed E-state index contributed by atoms with van der Waals surface area (Å²) >= 11 is 0. The maximum absolute atomic E-state index is 10.4. The highest BCUT2D eigenvalue weighted by Crippen LogP contribution is 2.43. The van der Waals surface area contributed by atoms with Crippen molar-refractivity contribution in [3.63, 3.8) is 0 Å². The summed E-state index contributed by atoms with van der Waals surface area (Å²) in [6.07, 6.45) is 0. The standard InChI is InChI=1S/C64H66N4O8/c1-71-57-29-19-51(20-30-57)63(49-11-7-5-8-12-49,52-21-31-58(72-2)32-22-52)75-43-39-67(37-41-69)45-55-27-17-47-15-16-48-18-28-56(66-62(48)61(47)65-55)46-68(38-42-70)40-44-76-64(50-13-9-6-10-14-50,53-23-33-59(73-3)34-24-53)54-25-35-60(74-4)36-26-54/h5-36,69-70H,37-46H2,1-4H3. The number of hydrogen-bond acceptors (Lipinski definition) is 12. The highest BCUT2D eigenvalue weighted by Gasteiger charge is 2.39. The first-order valence-corrected chi connectivity index (χ1v) is 25.7. The molecule has 2 heterocycles. The molecule has 12 heteroatoms. The zero-order valence-electron chi connectivity index (χ0n) is 43.7. The van der Waals surface area contributed by atoms with Gasteiger partial charge in [0.2, 0.25) is 0 Å². The molecule has 0 radical (unpaired) electrons. The topological polar surface area (TPSA) is 128 Å². The van der Waals surface area contributed by atoms with Gasteiger partial charge in [0.1, 0.15) is 34.2 Å². The summed E-state index contributed by atoms with van der Waals surface area (Å²) in [5, 5.41) is 22.7. The van der Waals surface area contributed by atoms with E-state index in [1.807, 2.05) is 97.1 Å². The maximum Gasteiger partial charge on any atom is 0.143 e. The Balaban J connectivity index is 0.958. The van der Waals surface area contributed by atoms with Crippen LogP contribution in [-0.2, 0) is 33.8 Å². The molecule has 76 heavy (non-hydrogen) atoms. The number of methoxy groups -OCH3 is 4. The fourth-order valence-corrected chi connectivity index (χ4v) is 10.1. The second-order valence-corrected chi connectivity index (χ2v) is 18.5. The lowest BCUT2D eigenvalue weighted by atomic mass is 9.80. The van der Waals surface area contributed by atoms with Crippen LogP contribution in [0.2, 0.25) is 0 Å². The van der Waals surface area contributed by atoms with Crippen LogP contribution in [0, 0.1) is 0 Å². The number of aliphatic hydroxyl groups excluding tert-OH is 2. The van der Waals surface area contributed by atoms with Gasteiger partial charge in [0, 0.05) is 50.0 Å². The summed E-state index contributed by atoms with van der Waals surface area (Å²) in [5.41, 5.74) is 7.05. The largest absolute Gasteiger partial charge is 0.497 e. The molecule has 0 unspecified atom stereocenters. The number of nitrogens with zero attached hydrogens (tertiary/aromatic N) is 4. The zero-order valence-corrected chi connectivity index (χ0v) is 43.7. The van der Waals surface area contributed by atoms with Crippen LogP contribution in [0.15, 0.2) is 194 Å². The minimum atomic E-state index is -0.977. The van der Waals surface area contributed by atoms with Crippen molar-refractivity contribution in [1.82, 2.24) is 19.8 Å². The molecule has 0 aliphatic carbocycles. The van der Waals surface area contributed by atoms with Crippen LogP contribution in [0.4, 0.5) is 0 Å². The number of ether oxygens (including phenoxy) is 6. The predicted octanol–water partition coefficient (Wildman–Crippen LogP) is 10.4. The lowest BCUT2D eigenvalue weighted by molar-refractivity contribution is -0.00193. The summed E-state index contributed by atoms with van der Waals surface area (Å²) in [6, 6.07) is 65.0. The van der Waals surface area contributed by atoms with Gasteiger partial charge in [-0.3, -0.25) is 9.80 Å². The quantitative estimate of drug-likeness (QED) is 0.0396. The summed E-state index contributed by atoms with van der Waals surface area (Å²) in [4.78, 5) is 14.9. The second kappa shape index (κ2) is 25.2. The van der Waals surface area contributed by atoms with Crippen LogP contribution in [-0.4, -0.2) is 111 Å².